The minimum absolute atomic E-state index is 0.00564. The molecule has 6 nitrogen and oxygen atoms in total. The van der Waals surface area contributed by atoms with Gasteiger partial charge < -0.3 is 19.5 Å². The summed E-state index contributed by atoms with van der Waals surface area (Å²) in [5, 5.41) is 19.4. The molecule has 1 aromatic heterocycles. The van der Waals surface area contributed by atoms with Crippen LogP contribution in [-0.4, -0.2) is 33.3 Å². The highest BCUT2D eigenvalue weighted by Gasteiger charge is 2.14. The number of fused-ring (bicyclic) bond motifs is 1. The number of aryl methyl sites for hydroxylation is 1. The first-order valence-electron chi connectivity index (χ1n) is 10.4. The molecule has 31 heavy (non-hydrogen) atoms. The lowest BCUT2D eigenvalue weighted by Gasteiger charge is -2.10. The SMILES string of the molecule is CCC(C)/C(=C\c1ccc(OCCCn2ccc3cc(C(=O)O)ccc32)cc1)C(=O)O. The summed E-state index contributed by atoms with van der Waals surface area (Å²) in [6.07, 6.45) is 5.24. The van der Waals surface area contributed by atoms with Crippen molar-refractivity contribution in [2.75, 3.05) is 6.61 Å². The Morgan fingerprint density at radius 3 is 2.48 bits per heavy atom. The third kappa shape index (κ3) is 5.54. The van der Waals surface area contributed by atoms with Gasteiger partial charge in [0.1, 0.15) is 5.75 Å². The number of aliphatic carboxylic acids is 1. The van der Waals surface area contributed by atoms with Crippen LogP contribution in [0.15, 0.2) is 60.3 Å². The number of carboxylic acid groups (broad SMARTS) is 2. The van der Waals surface area contributed by atoms with Crippen LogP contribution in [0.4, 0.5) is 0 Å². The molecule has 162 valence electrons. The van der Waals surface area contributed by atoms with Gasteiger partial charge in [0.15, 0.2) is 0 Å². The van der Waals surface area contributed by atoms with Crippen LogP contribution in [0.1, 0.15) is 42.6 Å². The molecule has 2 N–H and O–H groups in total. The van der Waals surface area contributed by atoms with E-state index in [-0.39, 0.29) is 11.5 Å². The molecule has 0 aliphatic rings. The van der Waals surface area contributed by atoms with Gasteiger partial charge in [-0.05, 0) is 66.8 Å². The minimum atomic E-state index is -0.927. The van der Waals surface area contributed by atoms with E-state index in [1.54, 1.807) is 18.2 Å². The molecule has 6 heteroatoms. The second-order valence-corrected chi connectivity index (χ2v) is 7.57. The van der Waals surface area contributed by atoms with Crippen molar-refractivity contribution in [1.29, 1.82) is 0 Å². The molecule has 1 unspecified atom stereocenters. The molecule has 0 bridgehead atoms. The average Bonchev–Trinajstić information content (AvgIpc) is 3.17. The summed E-state index contributed by atoms with van der Waals surface area (Å²) in [4.78, 5) is 22.5. The van der Waals surface area contributed by atoms with Crippen molar-refractivity contribution in [3.05, 3.63) is 71.4 Å². The zero-order valence-corrected chi connectivity index (χ0v) is 17.7. The second kappa shape index (κ2) is 9.98. The van der Waals surface area contributed by atoms with E-state index < -0.39 is 11.9 Å². The zero-order valence-electron chi connectivity index (χ0n) is 17.7. The van der Waals surface area contributed by atoms with Crippen LogP contribution in [-0.2, 0) is 11.3 Å². The average molecular weight is 421 g/mol. The van der Waals surface area contributed by atoms with Gasteiger partial charge in [-0.25, -0.2) is 9.59 Å². The first-order valence-corrected chi connectivity index (χ1v) is 10.4. The molecule has 1 heterocycles. The number of aromatic nitrogens is 1. The van der Waals surface area contributed by atoms with Crippen LogP contribution in [0.5, 0.6) is 5.75 Å². The lowest BCUT2D eigenvalue weighted by molar-refractivity contribution is -0.133. The third-order valence-corrected chi connectivity index (χ3v) is 5.42. The highest BCUT2D eigenvalue weighted by atomic mass is 16.5. The fourth-order valence-electron chi connectivity index (χ4n) is 3.43. The molecule has 3 rings (SSSR count). The van der Waals surface area contributed by atoms with E-state index >= 15 is 0 Å². The number of hydrogen-bond donors (Lipinski definition) is 2. The summed E-state index contributed by atoms with van der Waals surface area (Å²) in [7, 11) is 0. The molecular formula is C25H27NO5. The Labute approximate surface area is 181 Å². The van der Waals surface area contributed by atoms with E-state index in [1.165, 1.54) is 0 Å². The summed E-state index contributed by atoms with van der Waals surface area (Å²) >= 11 is 0. The lowest BCUT2D eigenvalue weighted by atomic mass is 9.96. The molecular weight excluding hydrogens is 394 g/mol. The van der Waals surface area contributed by atoms with Crippen LogP contribution in [0, 0.1) is 5.92 Å². The monoisotopic (exact) mass is 421 g/mol. The van der Waals surface area contributed by atoms with Crippen molar-refractivity contribution in [2.24, 2.45) is 5.92 Å². The highest BCUT2D eigenvalue weighted by molar-refractivity contribution is 5.94. The van der Waals surface area contributed by atoms with Gasteiger partial charge in [0.2, 0.25) is 0 Å². The molecule has 2 aromatic carbocycles. The largest absolute Gasteiger partial charge is 0.494 e. The number of carbonyl (C=O) groups is 2. The molecule has 3 aromatic rings. The zero-order chi connectivity index (χ0) is 22.4. The van der Waals surface area contributed by atoms with Gasteiger partial charge in [-0.15, -0.1) is 0 Å². The summed E-state index contributed by atoms with van der Waals surface area (Å²) in [5.74, 6) is -1.08. The second-order valence-electron chi connectivity index (χ2n) is 7.57. The smallest absolute Gasteiger partial charge is 0.335 e. The topological polar surface area (TPSA) is 88.8 Å². The standard InChI is InChI=1S/C25H27NO5/c1-3-17(2)22(25(29)30)15-18-5-8-21(9-6-18)31-14-4-12-26-13-11-19-16-20(24(27)28)7-10-23(19)26/h5-11,13,15-17H,3-4,12,14H2,1-2H3,(H,27,28)(H,29,30)/b22-15+. The number of aromatic carboxylic acids is 1. The molecule has 1 atom stereocenters. The Morgan fingerprint density at radius 2 is 1.84 bits per heavy atom. The number of nitrogens with zero attached hydrogens (tertiary/aromatic N) is 1. The molecule has 0 saturated heterocycles. The highest BCUT2D eigenvalue weighted by Crippen LogP contribution is 2.21. The first kappa shape index (κ1) is 22.2. The van der Waals surface area contributed by atoms with Crippen molar-refractivity contribution in [1.82, 2.24) is 4.57 Å². The fraction of sp³-hybridized carbons (Fsp3) is 0.280. The molecule has 0 spiro atoms. The molecule has 0 fully saturated rings. The number of ether oxygens (including phenoxy) is 1. The molecule has 0 amide bonds. The molecule has 0 aliphatic carbocycles. The van der Waals surface area contributed by atoms with E-state index in [4.69, 9.17) is 9.84 Å². The van der Waals surface area contributed by atoms with E-state index in [0.717, 1.165) is 41.6 Å². The summed E-state index contributed by atoms with van der Waals surface area (Å²) in [6, 6.07) is 14.5. The van der Waals surface area contributed by atoms with Gasteiger partial charge >= 0.3 is 11.9 Å². The number of hydrogen-bond acceptors (Lipinski definition) is 3. The number of benzene rings is 2. The van der Waals surface area contributed by atoms with Crippen molar-refractivity contribution >= 4 is 28.9 Å². The maximum atomic E-state index is 11.5. The van der Waals surface area contributed by atoms with E-state index in [9.17, 15) is 14.7 Å². The predicted octanol–water partition coefficient (Wildman–Crippen LogP) is 5.32. The van der Waals surface area contributed by atoms with E-state index in [1.807, 2.05) is 56.4 Å². The summed E-state index contributed by atoms with van der Waals surface area (Å²) < 4.78 is 7.90. The number of rotatable bonds is 10. The van der Waals surface area contributed by atoms with Gasteiger partial charge in [-0.1, -0.05) is 26.0 Å². The van der Waals surface area contributed by atoms with Crippen LogP contribution in [0.2, 0.25) is 0 Å². The maximum Gasteiger partial charge on any atom is 0.335 e. The summed E-state index contributed by atoms with van der Waals surface area (Å²) in [5.41, 5.74) is 2.53. The van der Waals surface area contributed by atoms with Crippen LogP contribution in [0.3, 0.4) is 0 Å². The predicted molar refractivity (Wildman–Crippen MR) is 121 cm³/mol. The van der Waals surface area contributed by atoms with Gasteiger partial charge in [0.05, 0.1) is 12.2 Å². The van der Waals surface area contributed by atoms with Crippen LogP contribution < -0.4 is 4.74 Å². The fourth-order valence-corrected chi connectivity index (χ4v) is 3.43. The Kier molecular flexibility index (Phi) is 7.13. The Balaban J connectivity index is 1.55. The van der Waals surface area contributed by atoms with Gasteiger partial charge in [0, 0.05) is 29.2 Å². The number of carboxylic acids is 2. The van der Waals surface area contributed by atoms with Gasteiger partial charge in [-0.3, -0.25) is 0 Å². The quantitative estimate of drug-likeness (QED) is 0.341. The van der Waals surface area contributed by atoms with Crippen molar-refractivity contribution in [3.63, 3.8) is 0 Å². The normalized spacial score (nSPS) is 12.6. The van der Waals surface area contributed by atoms with Crippen molar-refractivity contribution < 1.29 is 24.5 Å². The third-order valence-electron chi connectivity index (χ3n) is 5.42. The Bertz CT molecular complexity index is 1090. The van der Waals surface area contributed by atoms with Gasteiger partial charge in [0.25, 0.3) is 0 Å². The Morgan fingerprint density at radius 1 is 1.10 bits per heavy atom. The molecule has 0 radical (unpaired) electrons. The first-order chi connectivity index (χ1) is 14.9. The molecule has 0 saturated carbocycles. The van der Waals surface area contributed by atoms with E-state index in [2.05, 4.69) is 4.57 Å². The van der Waals surface area contributed by atoms with Gasteiger partial charge in [-0.2, -0.15) is 0 Å². The lowest BCUT2D eigenvalue weighted by Crippen LogP contribution is -2.08. The maximum absolute atomic E-state index is 11.5. The van der Waals surface area contributed by atoms with Crippen molar-refractivity contribution in [2.45, 2.75) is 33.2 Å². The van der Waals surface area contributed by atoms with Crippen molar-refractivity contribution in [3.8, 4) is 5.75 Å². The Hall–Kier alpha value is -3.54. The summed E-state index contributed by atoms with van der Waals surface area (Å²) in [6.45, 7) is 5.18. The van der Waals surface area contributed by atoms with Crippen LogP contribution in [0.25, 0.3) is 17.0 Å². The van der Waals surface area contributed by atoms with Crippen LogP contribution >= 0.6 is 0 Å². The minimum Gasteiger partial charge on any atom is -0.494 e. The van der Waals surface area contributed by atoms with E-state index in [0.29, 0.717) is 12.2 Å². The molecule has 0 aliphatic heterocycles.